The molecule has 1 aliphatic rings. The van der Waals surface area contributed by atoms with E-state index in [1.807, 2.05) is 0 Å². The van der Waals surface area contributed by atoms with Crippen molar-refractivity contribution in [2.75, 3.05) is 9.80 Å². The highest BCUT2D eigenvalue weighted by molar-refractivity contribution is 6.32. The fourth-order valence-electron chi connectivity index (χ4n) is 11.5. The molecule has 0 bridgehead atoms. The number of rotatable bonds is 8. The van der Waals surface area contributed by atoms with E-state index in [1.165, 1.54) is 121 Å². The molecule has 11 aromatic rings. The summed E-state index contributed by atoms with van der Waals surface area (Å²) >= 11 is 0. The molecule has 11 aromatic carbocycles. The van der Waals surface area contributed by atoms with Gasteiger partial charge in [0.1, 0.15) is 0 Å². The van der Waals surface area contributed by atoms with Gasteiger partial charge in [-0.25, -0.2) is 0 Å². The second-order valence-corrected chi connectivity index (χ2v) is 19.9. The maximum atomic E-state index is 2.57. The van der Waals surface area contributed by atoms with Crippen molar-refractivity contribution in [2.45, 2.75) is 54.9 Å². The number of anilines is 6. The quantitative estimate of drug-likeness (QED) is 0.140. The third-order valence-electron chi connectivity index (χ3n) is 14.5. The van der Waals surface area contributed by atoms with E-state index >= 15 is 0 Å². The Balaban J connectivity index is 1.27. The van der Waals surface area contributed by atoms with E-state index in [0.717, 1.165) is 29.2 Å². The van der Waals surface area contributed by atoms with Gasteiger partial charge in [-0.2, -0.15) is 0 Å². The van der Waals surface area contributed by atoms with Crippen molar-refractivity contribution in [3.8, 4) is 22.3 Å². The van der Waals surface area contributed by atoms with Crippen molar-refractivity contribution in [3.63, 3.8) is 0 Å². The molecule has 0 heterocycles. The van der Waals surface area contributed by atoms with Gasteiger partial charge in [0.05, 0.1) is 22.7 Å². The van der Waals surface area contributed by atoms with E-state index in [9.17, 15) is 0 Å². The van der Waals surface area contributed by atoms with Crippen LogP contribution < -0.4 is 9.80 Å². The lowest BCUT2D eigenvalue weighted by Gasteiger charge is -2.33. The summed E-state index contributed by atoms with van der Waals surface area (Å²) in [5, 5.41) is 9.89. The van der Waals surface area contributed by atoms with Crippen molar-refractivity contribution in [2.24, 2.45) is 5.92 Å². The minimum atomic E-state index is 0.485. The monoisotopic (exact) mass is 888 g/mol. The van der Waals surface area contributed by atoms with E-state index in [1.54, 1.807) is 0 Å². The van der Waals surface area contributed by atoms with Crippen molar-refractivity contribution in [3.05, 3.63) is 233 Å². The maximum Gasteiger partial charge on any atom is 0.0547 e. The molecule has 0 N–H and O–H groups in total. The molecule has 12 rings (SSSR count). The lowest BCUT2D eigenvalue weighted by Crippen LogP contribution is -2.15. The fraction of sp³-hybridized carbons (Fsp3) is 0.134. The van der Waals surface area contributed by atoms with Crippen LogP contribution in [0, 0.1) is 47.5 Å². The highest BCUT2D eigenvalue weighted by Gasteiger charge is 2.28. The average Bonchev–Trinajstić information content (AvgIpc) is 3.34. The van der Waals surface area contributed by atoms with Crippen LogP contribution in [-0.2, 0) is 6.42 Å². The van der Waals surface area contributed by atoms with Crippen LogP contribution in [0.3, 0.4) is 0 Å². The molecule has 69 heavy (non-hydrogen) atoms. The largest absolute Gasteiger partial charge is 0.309 e. The molecular weight excluding hydrogens is 833 g/mol. The zero-order valence-corrected chi connectivity index (χ0v) is 40.7. The normalized spacial score (nSPS) is 13.5. The Labute approximate surface area is 406 Å². The molecule has 2 nitrogen and oxygen atoms in total. The molecule has 0 saturated carbocycles. The van der Waals surface area contributed by atoms with Gasteiger partial charge in [0.2, 0.25) is 0 Å². The van der Waals surface area contributed by atoms with E-state index in [0.29, 0.717) is 5.92 Å². The SMILES string of the molecule is Cc1ccc(-c2cc(N(c3cc(C)cc(C)c3)c3cccc4c3C=CC(C)C4)c3ccc4c(-c5ccc(C)cc5)cc(N(c5cc(C)cc(C)c5)c5cccc6ccccc56)c5ccc2c3c45)cc1. The Hall–Kier alpha value is -7.94. The number of hydrogen-bond acceptors (Lipinski definition) is 2. The first kappa shape index (κ1) is 42.4. The first-order valence-electron chi connectivity index (χ1n) is 24.5. The topological polar surface area (TPSA) is 6.48 Å². The number of allylic oxidation sites excluding steroid dienone is 1. The molecule has 1 atom stereocenters. The standard InChI is InChI=1S/C67H56N2/c1-41-18-23-49(24-19-41)60-39-64(68(52-35-44(4)32-45(5)36-52)62-16-10-13-48-12-8-9-15-54(48)62)58-30-28-57-61(50-25-20-42(2)21-26-50)40-65(59-31-29-56(60)66(58)67(57)59)69(53-37-46(6)33-47(7)38-53)63-17-11-14-51-34-43(3)22-27-55(51)63/h8-33,35-40,43H,34H2,1-7H3. The van der Waals surface area contributed by atoms with Gasteiger partial charge < -0.3 is 9.80 Å². The molecule has 0 radical (unpaired) electrons. The van der Waals surface area contributed by atoms with Gasteiger partial charge in [-0.05, 0) is 169 Å². The predicted molar refractivity (Wildman–Crippen MR) is 298 cm³/mol. The van der Waals surface area contributed by atoms with Crippen LogP contribution in [-0.4, -0.2) is 0 Å². The van der Waals surface area contributed by atoms with Gasteiger partial charge in [0.15, 0.2) is 0 Å². The first-order chi connectivity index (χ1) is 33.6. The first-order valence-corrected chi connectivity index (χ1v) is 24.5. The Kier molecular flexibility index (Phi) is 10.3. The minimum Gasteiger partial charge on any atom is -0.309 e. The van der Waals surface area contributed by atoms with Gasteiger partial charge in [0, 0.05) is 43.9 Å². The van der Waals surface area contributed by atoms with E-state index in [-0.39, 0.29) is 0 Å². The average molecular weight is 889 g/mol. The molecule has 0 amide bonds. The summed E-state index contributed by atoms with van der Waals surface area (Å²) in [4.78, 5) is 5.11. The number of benzene rings is 11. The Morgan fingerprint density at radius 1 is 0.377 bits per heavy atom. The second kappa shape index (κ2) is 16.7. The number of aryl methyl sites for hydroxylation is 6. The van der Waals surface area contributed by atoms with E-state index in [2.05, 4.69) is 252 Å². The molecule has 334 valence electrons. The Morgan fingerprint density at radius 3 is 1.39 bits per heavy atom. The molecule has 2 heteroatoms. The Morgan fingerprint density at radius 2 is 0.841 bits per heavy atom. The van der Waals surface area contributed by atoms with E-state index < -0.39 is 0 Å². The second-order valence-electron chi connectivity index (χ2n) is 19.9. The van der Waals surface area contributed by atoms with E-state index in [4.69, 9.17) is 0 Å². The third-order valence-corrected chi connectivity index (χ3v) is 14.5. The van der Waals surface area contributed by atoms with Crippen LogP contribution in [0.5, 0.6) is 0 Å². The molecule has 0 saturated heterocycles. The van der Waals surface area contributed by atoms with Crippen LogP contribution in [0.25, 0.3) is 71.4 Å². The molecule has 1 aliphatic carbocycles. The van der Waals surface area contributed by atoms with Gasteiger partial charge in [0.25, 0.3) is 0 Å². The Bertz CT molecular complexity index is 3790. The summed E-state index contributed by atoms with van der Waals surface area (Å²) in [5.41, 5.74) is 21.9. The summed E-state index contributed by atoms with van der Waals surface area (Å²) in [6.07, 6.45) is 5.78. The lowest BCUT2D eigenvalue weighted by atomic mass is 9.84. The smallest absolute Gasteiger partial charge is 0.0547 e. The number of nitrogens with zero attached hydrogens (tertiary/aromatic N) is 2. The highest BCUT2D eigenvalue weighted by Crippen LogP contribution is 2.53. The van der Waals surface area contributed by atoms with Crippen LogP contribution in [0.2, 0.25) is 0 Å². The summed E-state index contributed by atoms with van der Waals surface area (Å²) in [6, 6.07) is 69.4. The predicted octanol–water partition coefficient (Wildman–Crippen LogP) is 19.1. The highest BCUT2D eigenvalue weighted by atomic mass is 15.2. The molecule has 0 aromatic heterocycles. The fourth-order valence-corrected chi connectivity index (χ4v) is 11.5. The van der Waals surface area contributed by atoms with Crippen molar-refractivity contribution in [1.82, 2.24) is 0 Å². The third kappa shape index (κ3) is 7.34. The zero-order chi connectivity index (χ0) is 47.1. The zero-order valence-electron chi connectivity index (χ0n) is 40.7. The molecule has 0 aliphatic heterocycles. The summed E-state index contributed by atoms with van der Waals surface area (Å²) < 4.78 is 0. The van der Waals surface area contributed by atoms with Crippen molar-refractivity contribution in [1.29, 1.82) is 0 Å². The van der Waals surface area contributed by atoms with Gasteiger partial charge in [-0.1, -0.05) is 164 Å². The summed E-state index contributed by atoms with van der Waals surface area (Å²) in [6.45, 7) is 15.6. The number of hydrogen-bond donors (Lipinski definition) is 0. The van der Waals surface area contributed by atoms with Crippen LogP contribution in [0.1, 0.15) is 51.4 Å². The van der Waals surface area contributed by atoms with Gasteiger partial charge in [-0.15, -0.1) is 0 Å². The van der Waals surface area contributed by atoms with Gasteiger partial charge >= 0.3 is 0 Å². The van der Waals surface area contributed by atoms with Crippen molar-refractivity contribution >= 4 is 83.3 Å². The summed E-state index contributed by atoms with van der Waals surface area (Å²) in [7, 11) is 0. The van der Waals surface area contributed by atoms with Crippen LogP contribution >= 0.6 is 0 Å². The van der Waals surface area contributed by atoms with Crippen molar-refractivity contribution < 1.29 is 0 Å². The maximum absolute atomic E-state index is 2.57. The lowest BCUT2D eigenvalue weighted by molar-refractivity contribution is 0.717. The molecule has 0 fully saturated rings. The minimum absolute atomic E-state index is 0.485. The van der Waals surface area contributed by atoms with Gasteiger partial charge in [-0.3, -0.25) is 0 Å². The summed E-state index contributed by atoms with van der Waals surface area (Å²) in [5.74, 6) is 0.485. The molecular formula is C67H56N2. The van der Waals surface area contributed by atoms with Crippen LogP contribution in [0.15, 0.2) is 188 Å². The van der Waals surface area contributed by atoms with Crippen LogP contribution in [0.4, 0.5) is 34.1 Å². The molecule has 1 unspecified atom stereocenters. The number of fused-ring (bicyclic) bond motifs is 2. The molecule has 0 spiro atoms.